The van der Waals surface area contributed by atoms with Gasteiger partial charge in [0.25, 0.3) is 0 Å². The molecule has 0 fully saturated rings. The molecule has 1 N–H and O–H groups in total. The van der Waals surface area contributed by atoms with E-state index >= 15 is 0 Å². The van der Waals surface area contributed by atoms with Crippen LogP contribution >= 0.6 is 0 Å². The lowest BCUT2D eigenvalue weighted by atomic mass is 9.99. The van der Waals surface area contributed by atoms with E-state index in [0.29, 0.717) is 0 Å². The Morgan fingerprint density at radius 1 is 1.00 bits per heavy atom. The van der Waals surface area contributed by atoms with Crippen LogP contribution in [0.5, 0.6) is 0 Å². The molecule has 0 bridgehead atoms. The number of hydrogen-bond donors (Lipinski definition) is 1. The van der Waals surface area contributed by atoms with Crippen LogP contribution in [0.1, 0.15) is 22.3 Å². The van der Waals surface area contributed by atoms with Gasteiger partial charge in [0, 0.05) is 6.21 Å². The highest BCUT2D eigenvalue weighted by molar-refractivity contribution is 6.08. The second kappa shape index (κ2) is 6.14. The molecule has 0 amide bonds. The van der Waals surface area contributed by atoms with E-state index in [1.807, 2.05) is 18.2 Å². The lowest BCUT2D eigenvalue weighted by Crippen LogP contribution is -1.90. The summed E-state index contributed by atoms with van der Waals surface area (Å²) >= 11 is 0. The SMILES string of the molecule is Cc1cc(C)cc(/C(C=N)=C/Cc2ccccc2)c1. The van der Waals surface area contributed by atoms with Gasteiger partial charge in [-0.25, -0.2) is 0 Å². The van der Waals surface area contributed by atoms with Crippen molar-refractivity contribution in [2.24, 2.45) is 0 Å². The topological polar surface area (TPSA) is 23.9 Å². The molecule has 0 aliphatic rings. The molecule has 0 saturated carbocycles. The average Bonchev–Trinajstić information content (AvgIpc) is 2.39. The Morgan fingerprint density at radius 2 is 1.63 bits per heavy atom. The molecular formula is C18H19N. The summed E-state index contributed by atoms with van der Waals surface area (Å²) in [4.78, 5) is 0. The summed E-state index contributed by atoms with van der Waals surface area (Å²) in [6.45, 7) is 4.19. The number of rotatable bonds is 4. The lowest BCUT2D eigenvalue weighted by molar-refractivity contribution is 1.27. The predicted octanol–water partition coefficient (Wildman–Crippen LogP) is 4.58. The van der Waals surface area contributed by atoms with Crippen molar-refractivity contribution in [1.29, 1.82) is 5.41 Å². The van der Waals surface area contributed by atoms with Gasteiger partial charge in [-0.1, -0.05) is 65.7 Å². The molecule has 1 nitrogen and oxygen atoms in total. The van der Waals surface area contributed by atoms with E-state index in [0.717, 1.165) is 17.6 Å². The van der Waals surface area contributed by atoms with Gasteiger partial charge >= 0.3 is 0 Å². The summed E-state index contributed by atoms with van der Waals surface area (Å²) in [6.07, 6.45) is 4.42. The Morgan fingerprint density at radius 3 is 2.21 bits per heavy atom. The minimum atomic E-state index is 0.860. The number of aryl methyl sites for hydroxylation is 2. The largest absolute Gasteiger partial charge is 0.308 e. The van der Waals surface area contributed by atoms with Crippen LogP contribution in [0.3, 0.4) is 0 Å². The van der Waals surface area contributed by atoms with Gasteiger partial charge in [0.2, 0.25) is 0 Å². The minimum absolute atomic E-state index is 0.860. The molecule has 0 unspecified atom stereocenters. The highest BCUT2D eigenvalue weighted by Crippen LogP contribution is 2.17. The Bertz CT molecular complexity index is 574. The first-order valence-electron chi connectivity index (χ1n) is 6.52. The molecule has 0 aliphatic heterocycles. The molecule has 0 radical (unpaired) electrons. The van der Waals surface area contributed by atoms with Crippen LogP contribution in [0.4, 0.5) is 0 Å². The Balaban J connectivity index is 2.26. The monoisotopic (exact) mass is 249 g/mol. The van der Waals surface area contributed by atoms with Gasteiger partial charge in [-0.2, -0.15) is 0 Å². The third-order valence-corrected chi connectivity index (χ3v) is 3.11. The smallest absolute Gasteiger partial charge is 0.0253 e. The number of allylic oxidation sites excluding steroid dienone is 2. The molecule has 0 aromatic heterocycles. The fraction of sp³-hybridized carbons (Fsp3) is 0.167. The molecule has 2 aromatic carbocycles. The van der Waals surface area contributed by atoms with Crippen molar-refractivity contribution in [3.63, 3.8) is 0 Å². The lowest BCUT2D eigenvalue weighted by Gasteiger charge is -2.06. The molecule has 0 aliphatic carbocycles. The third kappa shape index (κ3) is 3.65. The first kappa shape index (κ1) is 13.3. The van der Waals surface area contributed by atoms with Crippen molar-refractivity contribution in [2.45, 2.75) is 20.3 Å². The van der Waals surface area contributed by atoms with Gasteiger partial charge in [-0.05, 0) is 37.0 Å². The normalized spacial score (nSPS) is 11.4. The van der Waals surface area contributed by atoms with Gasteiger partial charge in [0.05, 0.1) is 0 Å². The summed E-state index contributed by atoms with van der Waals surface area (Å²) in [7, 11) is 0. The molecule has 2 rings (SSSR count). The van der Waals surface area contributed by atoms with Crippen molar-refractivity contribution < 1.29 is 0 Å². The fourth-order valence-corrected chi connectivity index (χ4v) is 2.24. The van der Waals surface area contributed by atoms with Crippen LogP contribution in [0.15, 0.2) is 54.6 Å². The van der Waals surface area contributed by atoms with E-state index in [2.05, 4.69) is 50.3 Å². The molecule has 2 aromatic rings. The van der Waals surface area contributed by atoms with Crippen LogP contribution < -0.4 is 0 Å². The zero-order chi connectivity index (χ0) is 13.7. The maximum absolute atomic E-state index is 7.61. The fourth-order valence-electron chi connectivity index (χ4n) is 2.24. The maximum atomic E-state index is 7.61. The zero-order valence-corrected chi connectivity index (χ0v) is 11.5. The van der Waals surface area contributed by atoms with E-state index in [-0.39, 0.29) is 0 Å². The number of benzene rings is 2. The summed E-state index contributed by atoms with van der Waals surface area (Å²) < 4.78 is 0. The summed E-state index contributed by atoms with van der Waals surface area (Å²) in [5, 5.41) is 7.61. The first-order chi connectivity index (χ1) is 9.19. The number of nitrogens with one attached hydrogen (secondary N) is 1. The highest BCUT2D eigenvalue weighted by Gasteiger charge is 2.00. The average molecular weight is 249 g/mol. The Kier molecular flexibility index (Phi) is 4.30. The van der Waals surface area contributed by atoms with Crippen LogP contribution in [0.25, 0.3) is 5.57 Å². The van der Waals surface area contributed by atoms with Crippen molar-refractivity contribution in [2.75, 3.05) is 0 Å². The molecule has 0 spiro atoms. The maximum Gasteiger partial charge on any atom is 0.0253 e. The van der Waals surface area contributed by atoms with Crippen LogP contribution in [0.2, 0.25) is 0 Å². The first-order valence-corrected chi connectivity index (χ1v) is 6.52. The Hall–Kier alpha value is -2.15. The minimum Gasteiger partial charge on any atom is -0.308 e. The van der Waals surface area contributed by atoms with E-state index in [9.17, 15) is 0 Å². The molecule has 0 saturated heterocycles. The summed E-state index contributed by atoms with van der Waals surface area (Å²) in [5.74, 6) is 0. The highest BCUT2D eigenvalue weighted by atomic mass is 14.3. The van der Waals surface area contributed by atoms with E-state index in [1.54, 1.807) is 0 Å². The molecule has 0 heterocycles. The van der Waals surface area contributed by atoms with Crippen LogP contribution in [0, 0.1) is 19.3 Å². The van der Waals surface area contributed by atoms with Crippen molar-refractivity contribution in [3.8, 4) is 0 Å². The summed E-state index contributed by atoms with van der Waals surface area (Å²) in [5.41, 5.74) is 5.86. The van der Waals surface area contributed by atoms with Gasteiger partial charge < -0.3 is 5.41 Å². The molecule has 19 heavy (non-hydrogen) atoms. The summed E-state index contributed by atoms with van der Waals surface area (Å²) in [6, 6.07) is 16.8. The second-order valence-corrected chi connectivity index (χ2v) is 4.87. The predicted molar refractivity (Wildman–Crippen MR) is 82.8 cm³/mol. The molecule has 1 heteroatoms. The van der Waals surface area contributed by atoms with E-state index in [4.69, 9.17) is 5.41 Å². The Labute approximate surface area is 115 Å². The van der Waals surface area contributed by atoms with Gasteiger partial charge in [-0.15, -0.1) is 0 Å². The quantitative estimate of drug-likeness (QED) is 0.767. The molecular weight excluding hydrogens is 230 g/mol. The van der Waals surface area contributed by atoms with Crippen molar-refractivity contribution in [3.05, 3.63) is 76.9 Å². The number of hydrogen-bond acceptors (Lipinski definition) is 1. The van der Waals surface area contributed by atoms with Crippen LogP contribution in [-0.2, 0) is 6.42 Å². The molecule has 0 atom stereocenters. The van der Waals surface area contributed by atoms with Crippen LogP contribution in [-0.4, -0.2) is 6.21 Å². The van der Waals surface area contributed by atoms with Gasteiger partial charge in [0.15, 0.2) is 0 Å². The zero-order valence-electron chi connectivity index (χ0n) is 11.5. The van der Waals surface area contributed by atoms with Crippen molar-refractivity contribution >= 4 is 11.8 Å². The standard InChI is InChI=1S/C18H19N/c1-14-10-15(2)12-18(11-14)17(13-19)9-8-16-6-4-3-5-7-16/h3-7,9-13,19H,8H2,1-2H3/b17-9+,19-13?. The van der Waals surface area contributed by atoms with E-state index in [1.165, 1.54) is 22.9 Å². The van der Waals surface area contributed by atoms with Gasteiger partial charge in [0.1, 0.15) is 0 Å². The second-order valence-electron chi connectivity index (χ2n) is 4.87. The van der Waals surface area contributed by atoms with Gasteiger partial charge in [-0.3, -0.25) is 0 Å². The third-order valence-electron chi connectivity index (χ3n) is 3.11. The molecule has 96 valence electrons. The van der Waals surface area contributed by atoms with E-state index < -0.39 is 0 Å². The van der Waals surface area contributed by atoms with Crippen molar-refractivity contribution in [1.82, 2.24) is 0 Å².